The normalized spacial score (nSPS) is 20.9. The molecule has 29 heavy (non-hydrogen) atoms. The van der Waals surface area contributed by atoms with Crippen molar-refractivity contribution in [1.82, 2.24) is 29.0 Å². The van der Waals surface area contributed by atoms with E-state index in [0.29, 0.717) is 44.8 Å². The van der Waals surface area contributed by atoms with Gasteiger partial charge in [-0.2, -0.15) is 4.31 Å². The molecule has 9 nitrogen and oxygen atoms in total. The van der Waals surface area contributed by atoms with Gasteiger partial charge in [-0.25, -0.2) is 17.8 Å². The van der Waals surface area contributed by atoms with Crippen LogP contribution in [0.3, 0.4) is 0 Å². The lowest BCUT2D eigenvalue weighted by Crippen LogP contribution is -2.39. The number of hydrogen-bond acceptors (Lipinski definition) is 6. The summed E-state index contributed by atoms with van der Waals surface area (Å²) in [6.45, 7) is 1.81. The molecule has 1 fully saturated rings. The number of fused-ring (bicyclic) bond motifs is 1. The van der Waals surface area contributed by atoms with E-state index in [9.17, 15) is 17.6 Å². The number of piperidine rings is 1. The lowest BCUT2D eigenvalue weighted by atomic mass is 10.0. The molecule has 0 spiro atoms. The Hall–Kier alpha value is -2.40. The molecule has 2 aliphatic heterocycles. The molecule has 2 aromatic heterocycles. The van der Waals surface area contributed by atoms with Gasteiger partial charge >= 0.3 is 0 Å². The number of pyridine rings is 1. The van der Waals surface area contributed by atoms with Crippen LogP contribution in [0.5, 0.6) is 0 Å². The molecule has 0 radical (unpaired) electrons. The predicted molar refractivity (Wildman–Crippen MR) is 102 cm³/mol. The number of rotatable bonds is 3. The second-order valence-electron chi connectivity index (χ2n) is 7.42. The number of amides is 1. The Morgan fingerprint density at radius 2 is 1.97 bits per heavy atom. The third-order valence-electron chi connectivity index (χ3n) is 5.47. The van der Waals surface area contributed by atoms with Crippen molar-refractivity contribution in [2.24, 2.45) is 0 Å². The highest BCUT2D eigenvalue weighted by Gasteiger charge is 2.35. The summed E-state index contributed by atoms with van der Waals surface area (Å²) >= 11 is 0. The molecule has 0 aliphatic carbocycles. The molecule has 11 heteroatoms. The van der Waals surface area contributed by atoms with Crippen molar-refractivity contribution in [3.8, 4) is 0 Å². The second kappa shape index (κ2) is 7.79. The summed E-state index contributed by atoms with van der Waals surface area (Å²) in [4.78, 5) is 18.3. The molecule has 0 bridgehead atoms. The average molecular weight is 422 g/mol. The molecule has 156 valence electrons. The summed E-state index contributed by atoms with van der Waals surface area (Å²) in [6.07, 6.45) is 5.22. The fourth-order valence-electron chi connectivity index (χ4n) is 4.02. The van der Waals surface area contributed by atoms with Gasteiger partial charge in [-0.1, -0.05) is 6.42 Å². The van der Waals surface area contributed by atoms with Crippen molar-refractivity contribution in [1.29, 1.82) is 0 Å². The Bertz CT molecular complexity index is 1010. The molecule has 4 rings (SSSR count). The number of nitrogens with zero attached hydrogens (tertiary/aromatic N) is 6. The van der Waals surface area contributed by atoms with Crippen LogP contribution < -0.4 is 0 Å². The summed E-state index contributed by atoms with van der Waals surface area (Å²) in [5.41, 5.74) is 0.194. The summed E-state index contributed by atoms with van der Waals surface area (Å²) in [7, 11) is -3.35. The van der Waals surface area contributed by atoms with Crippen LogP contribution in [-0.2, 0) is 23.0 Å². The van der Waals surface area contributed by atoms with Crippen molar-refractivity contribution in [3.63, 3.8) is 0 Å². The highest BCUT2D eigenvalue weighted by Crippen LogP contribution is 2.32. The van der Waals surface area contributed by atoms with E-state index < -0.39 is 15.8 Å². The third-order valence-corrected chi connectivity index (χ3v) is 6.76. The van der Waals surface area contributed by atoms with Gasteiger partial charge in [0.15, 0.2) is 5.82 Å². The lowest BCUT2D eigenvalue weighted by molar-refractivity contribution is 0.0752. The fourth-order valence-corrected chi connectivity index (χ4v) is 5.14. The fraction of sp³-hybridized carbons (Fsp3) is 0.556. The van der Waals surface area contributed by atoms with Gasteiger partial charge in [0.1, 0.15) is 17.3 Å². The Labute approximate surface area is 168 Å². The summed E-state index contributed by atoms with van der Waals surface area (Å²) < 4.78 is 41.0. The Morgan fingerprint density at radius 3 is 2.69 bits per heavy atom. The molecule has 1 amide bonds. The zero-order valence-corrected chi connectivity index (χ0v) is 17.0. The quantitative estimate of drug-likeness (QED) is 0.731. The molecule has 0 saturated carbocycles. The molecule has 4 heterocycles. The van der Waals surface area contributed by atoms with E-state index in [2.05, 4.69) is 15.2 Å². The monoisotopic (exact) mass is 422 g/mol. The highest BCUT2D eigenvalue weighted by atomic mass is 32.2. The first-order valence-corrected chi connectivity index (χ1v) is 11.5. The molecule has 1 atom stereocenters. The molecule has 2 aromatic rings. The predicted octanol–water partition coefficient (Wildman–Crippen LogP) is 0.997. The second-order valence-corrected chi connectivity index (χ2v) is 9.35. The summed E-state index contributed by atoms with van der Waals surface area (Å²) in [5, 5.41) is 8.59. The third kappa shape index (κ3) is 4.01. The summed E-state index contributed by atoms with van der Waals surface area (Å²) in [6, 6.07) is 2.26. The van der Waals surface area contributed by atoms with Crippen LogP contribution in [0.2, 0.25) is 0 Å². The molecule has 1 saturated heterocycles. The minimum Gasteiger partial charge on any atom is -0.335 e. The Balaban J connectivity index is 1.55. The Kier molecular flexibility index (Phi) is 5.34. The maximum Gasteiger partial charge on any atom is 0.272 e. The van der Waals surface area contributed by atoms with Crippen LogP contribution in [-0.4, -0.2) is 69.2 Å². The molecule has 0 aromatic carbocycles. The smallest absolute Gasteiger partial charge is 0.272 e. The topological polar surface area (TPSA) is 101 Å². The van der Waals surface area contributed by atoms with Crippen LogP contribution in [0, 0.1) is 5.82 Å². The van der Waals surface area contributed by atoms with Gasteiger partial charge in [0.05, 0.1) is 18.5 Å². The number of carbonyl (C=O) groups is 1. The maximum atomic E-state index is 13.1. The first kappa shape index (κ1) is 19.9. The van der Waals surface area contributed by atoms with E-state index in [1.54, 1.807) is 4.90 Å². The molecule has 0 N–H and O–H groups in total. The minimum atomic E-state index is -3.35. The van der Waals surface area contributed by atoms with Crippen LogP contribution in [0.15, 0.2) is 18.3 Å². The van der Waals surface area contributed by atoms with Crippen LogP contribution in [0.25, 0.3) is 0 Å². The molecule has 2 aliphatic rings. The number of halogens is 1. The SMILES string of the molecule is CS(=O)(=O)N1CCCCC1c1nnc2n1CCN(C(=O)c1ccc(F)cn1)CC2. The van der Waals surface area contributed by atoms with Gasteiger partial charge < -0.3 is 9.47 Å². The van der Waals surface area contributed by atoms with Gasteiger partial charge in [-0.15, -0.1) is 10.2 Å². The van der Waals surface area contributed by atoms with Gasteiger partial charge in [0.2, 0.25) is 10.0 Å². The maximum absolute atomic E-state index is 13.1. The van der Waals surface area contributed by atoms with Crippen molar-refractivity contribution in [2.45, 2.75) is 38.3 Å². The van der Waals surface area contributed by atoms with E-state index in [1.165, 1.54) is 22.7 Å². The van der Waals surface area contributed by atoms with Gasteiger partial charge in [-0.05, 0) is 25.0 Å². The van der Waals surface area contributed by atoms with E-state index in [1.807, 2.05) is 4.57 Å². The van der Waals surface area contributed by atoms with Crippen LogP contribution in [0.1, 0.15) is 47.4 Å². The van der Waals surface area contributed by atoms with Gasteiger partial charge in [0.25, 0.3) is 5.91 Å². The zero-order chi connectivity index (χ0) is 20.6. The number of carbonyl (C=O) groups excluding carboxylic acids is 1. The van der Waals surface area contributed by atoms with E-state index in [4.69, 9.17) is 0 Å². The van der Waals surface area contributed by atoms with Crippen molar-refractivity contribution >= 4 is 15.9 Å². The van der Waals surface area contributed by atoms with E-state index in [-0.39, 0.29) is 17.6 Å². The van der Waals surface area contributed by atoms with Gasteiger partial charge in [0, 0.05) is 32.6 Å². The largest absolute Gasteiger partial charge is 0.335 e. The average Bonchev–Trinajstić information content (AvgIpc) is 2.98. The number of hydrogen-bond donors (Lipinski definition) is 0. The van der Waals surface area contributed by atoms with E-state index >= 15 is 0 Å². The molecule has 1 unspecified atom stereocenters. The van der Waals surface area contributed by atoms with Crippen molar-refractivity contribution in [3.05, 3.63) is 41.5 Å². The standard InChI is InChI=1S/C18H23FN6O3S/c1-29(27,28)25-8-3-2-4-15(25)17-22-21-16-7-9-23(10-11-24(16)17)18(26)14-6-5-13(19)12-20-14/h5-6,12,15H,2-4,7-11H2,1H3. The highest BCUT2D eigenvalue weighted by molar-refractivity contribution is 7.88. The first-order valence-electron chi connectivity index (χ1n) is 9.64. The van der Waals surface area contributed by atoms with Crippen molar-refractivity contribution < 1.29 is 17.6 Å². The van der Waals surface area contributed by atoms with Crippen molar-refractivity contribution in [2.75, 3.05) is 25.9 Å². The minimum absolute atomic E-state index is 0.194. The van der Waals surface area contributed by atoms with Crippen LogP contribution in [0.4, 0.5) is 4.39 Å². The first-order chi connectivity index (χ1) is 13.8. The van der Waals surface area contributed by atoms with Crippen LogP contribution >= 0.6 is 0 Å². The molecular formula is C18H23FN6O3S. The zero-order valence-electron chi connectivity index (χ0n) is 16.2. The Morgan fingerprint density at radius 1 is 1.14 bits per heavy atom. The number of aromatic nitrogens is 4. The number of sulfonamides is 1. The summed E-state index contributed by atoms with van der Waals surface area (Å²) in [5.74, 6) is 0.623. The van der Waals surface area contributed by atoms with E-state index in [0.717, 1.165) is 24.9 Å². The van der Waals surface area contributed by atoms with Gasteiger partial charge in [-0.3, -0.25) is 4.79 Å². The lowest BCUT2D eigenvalue weighted by Gasteiger charge is -2.33. The molecular weight excluding hydrogens is 399 g/mol.